The minimum atomic E-state index is -0.329. The zero-order chi connectivity index (χ0) is 35.3. The second kappa shape index (κ2) is 12.5. The van der Waals surface area contributed by atoms with Gasteiger partial charge in [-0.15, -0.1) is 0 Å². The largest absolute Gasteiger partial charge is 0.254 e. The van der Waals surface area contributed by atoms with Gasteiger partial charge in [0.05, 0.1) is 22.1 Å². The van der Waals surface area contributed by atoms with E-state index in [1.165, 1.54) is 12.1 Å². The first-order valence-corrected chi connectivity index (χ1v) is 17.1. The van der Waals surface area contributed by atoms with Gasteiger partial charge in [0, 0.05) is 74.1 Å². The second-order valence-electron chi connectivity index (χ2n) is 12.8. The molecule has 0 atom stereocenters. The third kappa shape index (κ3) is 5.59. The van der Waals surface area contributed by atoms with Crippen molar-refractivity contribution in [1.29, 1.82) is 0 Å². The lowest BCUT2D eigenvalue weighted by molar-refractivity contribution is 0.628. The molecule has 0 fully saturated rings. The number of fused-ring (bicyclic) bond motifs is 6. The van der Waals surface area contributed by atoms with Crippen LogP contribution in [0.2, 0.25) is 0 Å². The molecule has 10 rings (SSSR count). The van der Waals surface area contributed by atoms with Crippen LogP contribution in [0.1, 0.15) is 0 Å². The minimum Gasteiger partial charge on any atom is -0.254 e. The second-order valence-corrected chi connectivity index (χ2v) is 12.8. The van der Waals surface area contributed by atoms with Crippen LogP contribution in [0, 0.1) is 5.82 Å². The molecule has 0 aliphatic carbocycles. The fourth-order valence-electron chi connectivity index (χ4n) is 6.83. The molecule has 0 bridgehead atoms. The van der Waals surface area contributed by atoms with Gasteiger partial charge in [-0.05, 0) is 71.8 Å². The topological polar surface area (TPSA) is 90.2 Å². The third-order valence-electron chi connectivity index (χ3n) is 9.49. The Morgan fingerprint density at radius 3 is 1.26 bits per heavy atom. The van der Waals surface area contributed by atoms with Crippen LogP contribution in [0.4, 0.5) is 4.39 Å². The maximum atomic E-state index is 14.0. The number of hydrogen-bond acceptors (Lipinski definition) is 7. The molecule has 0 radical (unpaired) electrons. The average Bonchev–Trinajstić information content (AvgIpc) is 3.23. The number of nitrogens with zero attached hydrogens (tertiary/aromatic N) is 7. The van der Waals surface area contributed by atoms with Crippen molar-refractivity contribution >= 4 is 43.6 Å². The molecule has 248 valence electrons. The summed E-state index contributed by atoms with van der Waals surface area (Å²) in [6, 6.07) is 42.9. The van der Waals surface area contributed by atoms with Crippen LogP contribution >= 0.6 is 0 Å². The molecule has 5 aromatic carbocycles. The van der Waals surface area contributed by atoms with Crippen LogP contribution in [0.3, 0.4) is 0 Å². The van der Waals surface area contributed by atoms with E-state index < -0.39 is 0 Å². The van der Waals surface area contributed by atoms with Crippen molar-refractivity contribution in [1.82, 2.24) is 34.9 Å². The molecule has 0 saturated heterocycles. The van der Waals surface area contributed by atoms with E-state index in [4.69, 9.17) is 24.9 Å². The van der Waals surface area contributed by atoms with Gasteiger partial charge >= 0.3 is 0 Å². The van der Waals surface area contributed by atoms with Crippen LogP contribution in [0.25, 0.3) is 100 Å². The minimum absolute atomic E-state index is 0.329. The van der Waals surface area contributed by atoms with Gasteiger partial charge in [-0.2, -0.15) is 0 Å². The SMILES string of the molecule is Fc1ccc(-c2nc(-c3cccc(-c4cnc5c(ccc6cccnc65)c4)c3)nc(-c3cccc(-c4cnc5c(ccc6cccnc65)c4)c3)n2)cc1. The Kier molecular flexibility index (Phi) is 7.18. The number of benzene rings is 5. The molecule has 5 aromatic heterocycles. The van der Waals surface area contributed by atoms with Gasteiger partial charge in [-0.25, -0.2) is 19.3 Å². The predicted octanol–water partition coefficient (Wildman–Crippen LogP) is 10.5. The first-order valence-electron chi connectivity index (χ1n) is 17.1. The van der Waals surface area contributed by atoms with Gasteiger partial charge in [-0.3, -0.25) is 19.9 Å². The lowest BCUT2D eigenvalue weighted by Gasteiger charge is -2.11. The summed E-state index contributed by atoms with van der Waals surface area (Å²) in [7, 11) is 0. The summed E-state index contributed by atoms with van der Waals surface area (Å²) in [5.41, 5.74) is 9.65. The van der Waals surface area contributed by atoms with E-state index in [0.29, 0.717) is 23.0 Å². The van der Waals surface area contributed by atoms with E-state index in [-0.39, 0.29) is 5.82 Å². The lowest BCUT2D eigenvalue weighted by Crippen LogP contribution is -2.00. The van der Waals surface area contributed by atoms with Gasteiger partial charge in [-0.1, -0.05) is 72.8 Å². The van der Waals surface area contributed by atoms with Gasteiger partial charge in [0.2, 0.25) is 0 Å². The number of halogens is 1. The fraction of sp³-hybridized carbons (Fsp3) is 0. The van der Waals surface area contributed by atoms with Crippen molar-refractivity contribution in [3.8, 4) is 56.4 Å². The van der Waals surface area contributed by atoms with Crippen LogP contribution in [-0.4, -0.2) is 34.9 Å². The first kappa shape index (κ1) is 30.5. The van der Waals surface area contributed by atoms with Crippen LogP contribution < -0.4 is 0 Å². The molecule has 0 aliphatic rings. The smallest absolute Gasteiger partial charge is 0.164 e. The Morgan fingerprint density at radius 2 is 0.755 bits per heavy atom. The van der Waals surface area contributed by atoms with E-state index in [0.717, 1.165) is 77.0 Å². The Balaban J connectivity index is 1.07. The van der Waals surface area contributed by atoms with Crippen LogP contribution in [-0.2, 0) is 0 Å². The number of hydrogen-bond donors (Lipinski definition) is 0. The van der Waals surface area contributed by atoms with Crippen LogP contribution in [0.5, 0.6) is 0 Å². The summed E-state index contributed by atoms with van der Waals surface area (Å²) in [4.78, 5) is 33.6. The zero-order valence-electron chi connectivity index (χ0n) is 28.0. The maximum absolute atomic E-state index is 14.0. The van der Waals surface area contributed by atoms with Gasteiger partial charge in [0.1, 0.15) is 5.82 Å². The zero-order valence-corrected chi connectivity index (χ0v) is 28.0. The van der Waals surface area contributed by atoms with Crippen molar-refractivity contribution in [2.75, 3.05) is 0 Å². The van der Waals surface area contributed by atoms with Crippen molar-refractivity contribution in [2.24, 2.45) is 0 Å². The molecule has 53 heavy (non-hydrogen) atoms. The number of rotatable bonds is 5. The predicted molar refractivity (Wildman–Crippen MR) is 208 cm³/mol. The molecule has 7 nitrogen and oxygen atoms in total. The fourth-order valence-corrected chi connectivity index (χ4v) is 6.83. The summed E-state index contributed by atoms with van der Waals surface area (Å²) >= 11 is 0. The monoisotopic (exact) mass is 683 g/mol. The van der Waals surface area contributed by atoms with E-state index in [9.17, 15) is 4.39 Å². The third-order valence-corrected chi connectivity index (χ3v) is 9.49. The Labute approximate surface area is 302 Å². The van der Waals surface area contributed by atoms with E-state index in [2.05, 4.69) is 70.6 Å². The van der Waals surface area contributed by atoms with Crippen LogP contribution in [0.15, 0.2) is 158 Å². The van der Waals surface area contributed by atoms with Gasteiger partial charge < -0.3 is 0 Å². The quantitative estimate of drug-likeness (QED) is 0.167. The highest BCUT2D eigenvalue weighted by Gasteiger charge is 2.15. The Morgan fingerprint density at radius 1 is 0.321 bits per heavy atom. The molecule has 0 saturated carbocycles. The molecule has 0 amide bonds. The average molecular weight is 684 g/mol. The summed E-state index contributed by atoms with van der Waals surface area (Å²) in [5.74, 6) is 1.11. The molecule has 5 heterocycles. The van der Waals surface area contributed by atoms with Crippen molar-refractivity contribution in [3.05, 3.63) is 164 Å². The normalized spacial score (nSPS) is 11.5. The number of aromatic nitrogens is 7. The van der Waals surface area contributed by atoms with Crippen molar-refractivity contribution < 1.29 is 4.39 Å². The summed E-state index contributed by atoms with van der Waals surface area (Å²) in [6.45, 7) is 0. The van der Waals surface area contributed by atoms with Gasteiger partial charge in [0.15, 0.2) is 17.5 Å². The summed E-state index contributed by atoms with van der Waals surface area (Å²) in [6.07, 6.45) is 7.34. The lowest BCUT2D eigenvalue weighted by atomic mass is 10.0. The Bertz CT molecular complexity index is 2860. The molecular weight excluding hydrogens is 658 g/mol. The highest BCUT2D eigenvalue weighted by molar-refractivity contribution is 6.04. The number of pyridine rings is 4. The highest BCUT2D eigenvalue weighted by atomic mass is 19.1. The van der Waals surface area contributed by atoms with Gasteiger partial charge in [0.25, 0.3) is 0 Å². The van der Waals surface area contributed by atoms with Crippen molar-refractivity contribution in [2.45, 2.75) is 0 Å². The molecule has 10 aromatic rings. The molecular formula is C45H26FN7. The Hall–Kier alpha value is -7.32. The molecule has 0 N–H and O–H groups in total. The molecule has 0 aliphatic heterocycles. The molecule has 0 unspecified atom stereocenters. The summed E-state index contributed by atoms with van der Waals surface area (Å²) < 4.78 is 14.0. The first-order chi connectivity index (χ1) is 26.1. The van der Waals surface area contributed by atoms with E-state index >= 15 is 0 Å². The standard InChI is InChI=1S/C45H26FN7/c46-38-17-15-29(16-18-38)43-51-44(34-7-1-5-30(21-34)36-23-32-13-11-27-9-3-19-47-39(27)41(32)49-25-36)53-45(52-43)35-8-2-6-31(22-35)37-24-33-14-12-28-10-4-20-48-40(28)42(33)50-26-37/h1-26H. The van der Waals surface area contributed by atoms with Crippen molar-refractivity contribution in [3.63, 3.8) is 0 Å². The summed E-state index contributed by atoms with van der Waals surface area (Å²) in [5, 5.41) is 4.12. The maximum Gasteiger partial charge on any atom is 0.164 e. The highest BCUT2D eigenvalue weighted by Crippen LogP contribution is 2.33. The molecule has 0 spiro atoms. The molecule has 8 heteroatoms. The van der Waals surface area contributed by atoms with E-state index in [1.54, 1.807) is 24.5 Å². The van der Waals surface area contributed by atoms with E-state index in [1.807, 2.05) is 60.9 Å².